The average molecular weight is 125 g/mol. The van der Waals surface area contributed by atoms with Gasteiger partial charge in [-0.15, -0.1) is 0 Å². The van der Waals surface area contributed by atoms with E-state index < -0.39 is 12.3 Å². The molecular weight excluding hydrogens is 123 g/mol. The first-order valence-electron chi connectivity index (χ1n) is 1.63. The number of hydrogen-bond acceptors (Lipinski definition) is 2. The highest BCUT2D eigenvalue weighted by Crippen LogP contribution is 2.18. The zero-order chi connectivity index (χ0) is 6.78. The lowest BCUT2D eigenvalue weighted by atomic mass is 10.4. The lowest BCUT2D eigenvalue weighted by Crippen LogP contribution is -2.26. The van der Waals surface area contributed by atoms with Gasteiger partial charge in [0.05, 0.1) is 0 Å². The third-order valence-corrected chi connectivity index (χ3v) is 0.432. The Morgan fingerprint density at radius 1 is 1.50 bits per heavy atom. The lowest BCUT2D eigenvalue weighted by Gasteiger charge is -2.04. The predicted molar refractivity (Wildman–Crippen MR) is 17.7 cm³/mol. The molecule has 0 heterocycles. The molecule has 0 aromatic rings. The van der Waals surface area contributed by atoms with E-state index in [-0.39, 0.29) is 0 Å². The number of nitriles is 1. The van der Waals surface area contributed by atoms with Gasteiger partial charge in [0.25, 0.3) is 0 Å². The van der Waals surface area contributed by atoms with E-state index in [0.29, 0.717) is 6.07 Å². The van der Waals surface area contributed by atoms with E-state index in [1.54, 1.807) is 0 Å². The van der Waals surface area contributed by atoms with E-state index in [4.69, 9.17) is 10.4 Å². The van der Waals surface area contributed by atoms with Crippen LogP contribution in [0.5, 0.6) is 0 Å². The molecule has 0 spiro atoms. The SMILES string of the molecule is N#C[C@H](O)C(F)(F)F. The molecule has 0 aliphatic carbocycles. The van der Waals surface area contributed by atoms with Crippen LogP contribution in [0.2, 0.25) is 0 Å². The second kappa shape index (κ2) is 2.01. The maximum Gasteiger partial charge on any atom is 0.427 e. The van der Waals surface area contributed by atoms with E-state index in [1.165, 1.54) is 0 Å². The first kappa shape index (κ1) is 7.24. The van der Waals surface area contributed by atoms with E-state index in [9.17, 15) is 13.2 Å². The van der Waals surface area contributed by atoms with Crippen LogP contribution >= 0.6 is 0 Å². The Bertz CT molecular complexity index is 113. The third-order valence-electron chi connectivity index (χ3n) is 0.432. The quantitative estimate of drug-likeness (QED) is 0.477. The van der Waals surface area contributed by atoms with Crippen LogP contribution in [-0.4, -0.2) is 17.4 Å². The fraction of sp³-hybridized carbons (Fsp3) is 0.667. The molecule has 8 heavy (non-hydrogen) atoms. The Morgan fingerprint density at radius 3 is 1.88 bits per heavy atom. The molecule has 46 valence electrons. The zero-order valence-corrected chi connectivity index (χ0v) is 3.61. The van der Waals surface area contributed by atoms with Crippen molar-refractivity contribution in [3.05, 3.63) is 0 Å². The maximum absolute atomic E-state index is 11.0. The molecule has 0 radical (unpaired) electrons. The van der Waals surface area contributed by atoms with Crippen molar-refractivity contribution in [1.29, 1.82) is 5.26 Å². The molecule has 0 aromatic carbocycles. The Balaban J connectivity index is 3.87. The van der Waals surface area contributed by atoms with Gasteiger partial charge in [0.2, 0.25) is 6.10 Å². The minimum absolute atomic E-state index is 0.635. The standard InChI is InChI=1S/C3H2F3NO/c4-3(5,6)2(8)1-7/h2,8H/t2-/m0/s1. The third kappa shape index (κ3) is 1.80. The fourth-order valence-corrected chi connectivity index (χ4v) is 0.0732. The molecule has 2 nitrogen and oxygen atoms in total. The molecular formula is C3H2F3NO. The van der Waals surface area contributed by atoms with Crippen LogP contribution < -0.4 is 0 Å². The van der Waals surface area contributed by atoms with Gasteiger partial charge in [-0.1, -0.05) is 0 Å². The zero-order valence-electron chi connectivity index (χ0n) is 3.61. The molecule has 0 saturated carbocycles. The van der Waals surface area contributed by atoms with Crippen molar-refractivity contribution in [1.82, 2.24) is 0 Å². The number of hydrogen-bond donors (Lipinski definition) is 1. The van der Waals surface area contributed by atoms with Crippen molar-refractivity contribution in [2.45, 2.75) is 12.3 Å². The van der Waals surface area contributed by atoms with Crippen LogP contribution in [0.25, 0.3) is 0 Å². The molecule has 1 N–H and O–H groups in total. The van der Waals surface area contributed by atoms with Gasteiger partial charge in [-0.05, 0) is 0 Å². The molecule has 0 aromatic heterocycles. The number of halogens is 3. The highest BCUT2D eigenvalue weighted by Gasteiger charge is 2.38. The van der Waals surface area contributed by atoms with Gasteiger partial charge in [-0.2, -0.15) is 18.4 Å². The van der Waals surface area contributed by atoms with E-state index in [2.05, 4.69) is 0 Å². The highest BCUT2D eigenvalue weighted by atomic mass is 19.4. The summed E-state index contributed by atoms with van der Waals surface area (Å²) in [4.78, 5) is 0. The second-order valence-corrected chi connectivity index (χ2v) is 1.07. The number of aliphatic hydroxyl groups is 1. The largest absolute Gasteiger partial charge is 0.427 e. The summed E-state index contributed by atoms with van der Waals surface area (Å²) < 4.78 is 32.9. The van der Waals surface area contributed by atoms with Crippen molar-refractivity contribution >= 4 is 0 Å². The van der Waals surface area contributed by atoms with Gasteiger partial charge in [0.1, 0.15) is 6.07 Å². The second-order valence-electron chi connectivity index (χ2n) is 1.07. The molecule has 0 aliphatic rings. The molecule has 1 atom stereocenters. The summed E-state index contributed by atoms with van der Waals surface area (Å²) >= 11 is 0. The van der Waals surface area contributed by atoms with Gasteiger partial charge in [0, 0.05) is 0 Å². The summed E-state index contributed by atoms with van der Waals surface area (Å²) in [5, 5.41) is 15.2. The molecule has 0 aliphatic heterocycles. The van der Waals surface area contributed by atoms with Crippen LogP contribution in [0.4, 0.5) is 13.2 Å². The van der Waals surface area contributed by atoms with Crippen molar-refractivity contribution in [3.63, 3.8) is 0 Å². The topological polar surface area (TPSA) is 44.0 Å². The minimum atomic E-state index is -4.80. The van der Waals surface area contributed by atoms with Gasteiger partial charge in [0.15, 0.2) is 0 Å². The fourth-order valence-electron chi connectivity index (χ4n) is 0.0732. The monoisotopic (exact) mass is 125 g/mol. The number of nitrogens with zero attached hydrogens (tertiary/aromatic N) is 1. The average Bonchev–Trinajstić information content (AvgIpc) is 1.62. The maximum atomic E-state index is 11.0. The van der Waals surface area contributed by atoms with Crippen molar-refractivity contribution in [2.75, 3.05) is 0 Å². The Hall–Kier alpha value is -0.760. The van der Waals surface area contributed by atoms with Crippen LogP contribution in [0.3, 0.4) is 0 Å². The summed E-state index contributed by atoms with van der Waals surface area (Å²) in [5.41, 5.74) is 0. The normalized spacial score (nSPS) is 14.9. The number of alkyl halides is 3. The van der Waals surface area contributed by atoms with E-state index in [0.717, 1.165) is 0 Å². The molecule has 0 bridgehead atoms. The van der Waals surface area contributed by atoms with Crippen LogP contribution in [0, 0.1) is 11.3 Å². The predicted octanol–water partition coefficient (Wildman–Crippen LogP) is 0.433. The van der Waals surface area contributed by atoms with Crippen LogP contribution in [-0.2, 0) is 0 Å². The number of aliphatic hydroxyl groups excluding tert-OH is 1. The van der Waals surface area contributed by atoms with Crippen LogP contribution in [0.1, 0.15) is 0 Å². The molecule has 0 unspecified atom stereocenters. The van der Waals surface area contributed by atoms with Gasteiger partial charge in [-0.25, -0.2) is 0 Å². The smallest absolute Gasteiger partial charge is 0.371 e. The van der Waals surface area contributed by atoms with Crippen LogP contribution in [0.15, 0.2) is 0 Å². The summed E-state index contributed by atoms with van der Waals surface area (Å²) in [7, 11) is 0. The van der Waals surface area contributed by atoms with Gasteiger partial charge in [-0.3, -0.25) is 0 Å². The van der Waals surface area contributed by atoms with E-state index in [1.807, 2.05) is 0 Å². The number of rotatable bonds is 0. The van der Waals surface area contributed by atoms with Crippen molar-refractivity contribution in [3.8, 4) is 6.07 Å². The first-order valence-corrected chi connectivity index (χ1v) is 1.63. The molecule has 5 heteroatoms. The molecule has 0 rings (SSSR count). The minimum Gasteiger partial charge on any atom is -0.371 e. The van der Waals surface area contributed by atoms with Crippen molar-refractivity contribution < 1.29 is 18.3 Å². The highest BCUT2D eigenvalue weighted by molar-refractivity contribution is 4.87. The summed E-state index contributed by atoms with van der Waals surface area (Å²) in [5.74, 6) is 0. The first-order chi connectivity index (χ1) is 3.48. The van der Waals surface area contributed by atoms with Gasteiger partial charge >= 0.3 is 6.18 Å². The Labute approximate surface area is 43.2 Å². The summed E-state index contributed by atoms with van der Waals surface area (Å²) in [6, 6.07) is 0.635. The Kier molecular flexibility index (Phi) is 1.82. The molecule has 0 saturated heterocycles. The van der Waals surface area contributed by atoms with Crippen molar-refractivity contribution in [2.24, 2.45) is 0 Å². The summed E-state index contributed by atoms with van der Waals surface area (Å²) in [6.45, 7) is 0. The molecule has 0 fully saturated rings. The van der Waals surface area contributed by atoms with Gasteiger partial charge < -0.3 is 5.11 Å². The Morgan fingerprint density at radius 2 is 1.88 bits per heavy atom. The van der Waals surface area contributed by atoms with E-state index >= 15 is 0 Å². The lowest BCUT2D eigenvalue weighted by molar-refractivity contribution is -0.185. The summed E-state index contributed by atoms with van der Waals surface area (Å²) in [6.07, 6.45) is -7.64. The molecule has 0 amide bonds.